The molecule has 0 radical (unpaired) electrons. The summed E-state index contributed by atoms with van der Waals surface area (Å²) in [6, 6.07) is -0.0211. The predicted octanol–water partition coefficient (Wildman–Crippen LogP) is 2.28. The number of hydrogen-bond donors (Lipinski definition) is 2. The van der Waals surface area contributed by atoms with Crippen molar-refractivity contribution >= 4 is 6.03 Å². The van der Waals surface area contributed by atoms with Crippen LogP contribution in [0.3, 0.4) is 0 Å². The van der Waals surface area contributed by atoms with Crippen molar-refractivity contribution in [3.63, 3.8) is 0 Å². The Morgan fingerprint density at radius 3 is 2.22 bits per heavy atom. The lowest BCUT2D eigenvalue weighted by atomic mass is 9.53. The molecule has 0 aromatic heterocycles. The average Bonchev–Trinajstić information content (AvgIpc) is 2.26. The quantitative estimate of drug-likeness (QED) is 0.582. The lowest BCUT2D eigenvalue weighted by Crippen LogP contribution is -2.61. The van der Waals surface area contributed by atoms with Gasteiger partial charge in [0.25, 0.3) is 0 Å². The second-order valence-electron chi connectivity index (χ2n) is 6.53. The van der Waals surface area contributed by atoms with E-state index in [0.29, 0.717) is 13.0 Å². The SMILES string of the molecule is C#CCCNC(=O)NC12CC3CC(CC(C3)C1)C2. The van der Waals surface area contributed by atoms with E-state index in [4.69, 9.17) is 6.42 Å². The monoisotopic (exact) mass is 246 g/mol. The maximum absolute atomic E-state index is 11.9. The van der Waals surface area contributed by atoms with Crippen LogP contribution in [0.15, 0.2) is 0 Å². The summed E-state index contributed by atoms with van der Waals surface area (Å²) in [6.07, 6.45) is 13.6. The minimum Gasteiger partial charge on any atom is -0.337 e. The maximum Gasteiger partial charge on any atom is 0.315 e. The third-order valence-electron chi connectivity index (χ3n) is 4.97. The highest BCUT2D eigenvalue weighted by Crippen LogP contribution is 2.55. The third kappa shape index (κ3) is 2.21. The Bertz CT molecular complexity index is 347. The van der Waals surface area contributed by atoms with Crippen molar-refractivity contribution in [3.05, 3.63) is 0 Å². The molecule has 18 heavy (non-hydrogen) atoms. The maximum atomic E-state index is 11.9. The lowest BCUT2D eigenvalue weighted by Gasteiger charge is -2.56. The van der Waals surface area contributed by atoms with Crippen LogP contribution in [-0.4, -0.2) is 18.1 Å². The smallest absolute Gasteiger partial charge is 0.315 e. The van der Waals surface area contributed by atoms with Crippen molar-refractivity contribution < 1.29 is 4.79 Å². The zero-order valence-corrected chi connectivity index (χ0v) is 10.9. The molecule has 4 fully saturated rings. The van der Waals surface area contributed by atoms with Crippen LogP contribution in [0.2, 0.25) is 0 Å². The first-order valence-electron chi connectivity index (χ1n) is 7.18. The van der Waals surface area contributed by atoms with Gasteiger partial charge in [0.15, 0.2) is 0 Å². The first kappa shape index (κ1) is 11.9. The zero-order chi connectivity index (χ0) is 12.6. The number of hydrogen-bond acceptors (Lipinski definition) is 1. The molecule has 4 aliphatic carbocycles. The van der Waals surface area contributed by atoms with Crippen LogP contribution in [0.4, 0.5) is 4.79 Å². The van der Waals surface area contributed by atoms with E-state index in [2.05, 4.69) is 16.6 Å². The molecule has 0 unspecified atom stereocenters. The Hall–Kier alpha value is -1.17. The van der Waals surface area contributed by atoms with Crippen LogP contribution in [0.1, 0.15) is 44.9 Å². The fourth-order valence-corrected chi connectivity index (χ4v) is 4.80. The molecule has 3 nitrogen and oxygen atoms in total. The van der Waals surface area contributed by atoms with Crippen LogP contribution in [-0.2, 0) is 0 Å². The van der Waals surface area contributed by atoms with Gasteiger partial charge in [-0.2, -0.15) is 0 Å². The second kappa shape index (κ2) is 4.50. The molecule has 3 heteroatoms. The number of amides is 2. The number of urea groups is 1. The average molecular weight is 246 g/mol. The fourth-order valence-electron chi connectivity index (χ4n) is 4.80. The van der Waals surface area contributed by atoms with Gasteiger partial charge < -0.3 is 10.6 Å². The first-order valence-corrected chi connectivity index (χ1v) is 7.18. The van der Waals surface area contributed by atoms with Crippen LogP contribution in [0.5, 0.6) is 0 Å². The predicted molar refractivity (Wildman–Crippen MR) is 70.9 cm³/mol. The summed E-state index contributed by atoms with van der Waals surface area (Å²) in [5.41, 5.74) is 0.106. The zero-order valence-electron chi connectivity index (χ0n) is 10.9. The molecule has 4 rings (SSSR count). The van der Waals surface area contributed by atoms with Gasteiger partial charge in [-0.3, -0.25) is 0 Å². The first-order chi connectivity index (χ1) is 8.69. The molecule has 4 aliphatic rings. The molecule has 2 N–H and O–H groups in total. The molecule has 4 saturated carbocycles. The van der Waals surface area contributed by atoms with E-state index in [0.717, 1.165) is 17.8 Å². The number of terminal acetylenes is 1. The Labute approximate surface area is 109 Å². The molecule has 0 spiro atoms. The second-order valence-corrected chi connectivity index (χ2v) is 6.53. The summed E-state index contributed by atoms with van der Waals surface area (Å²) in [5, 5.41) is 6.13. The normalized spacial score (nSPS) is 40.3. The fraction of sp³-hybridized carbons (Fsp3) is 0.800. The van der Waals surface area contributed by atoms with Gasteiger partial charge in [0, 0.05) is 18.5 Å². The van der Waals surface area contributed by atoms with Gasteiger partial charge in [-0.1, -0.05) is 0 Å². The van der Waals surface area contributed by atoms with Gasteiger partial charge in [0.05, 0.1) is 0 Å². The van der Waals surface area contributed by atoms with Gasteiger partial charge in [-0.25, -0.2) is 4.79 Å². The van der Waals surface area contributed by atoms with Crippen molar-refractivity contribution in [2.75, 3.05) is 6.54 Å². The molecule has 0 saturated heterocycles. The number of nitrogens with one attached hydrogen (secondary N) is 2. The topological polar surface area (TPSA) is 41.1 Å². The van der Waals surface area contributed by atoms with Gasteiger partial charge >= 0.3 is 6.03 Å². The van der Waals surface area contributed by atoms with Crippen molar-refractivity contribution in [1.82, 2.24) is 10.6 Å². The van der Waals surface area contributed by atoms with E-state index in [9.17, 15) is 4.79 Å². The van der Waals surface area contributed by atoms with E-state index in [1.807, 2.05) is 0 Å². The highest BCUT2D eigenvalue weighted by atomic mass is 16.2. The van der Waals surface area contributed by atoms with E-state index in [1.54, 1.807) is 0 Å². The minimum absolute atomic E-state index is 0.0211. The van der Waals surface area contributed by atoms with Crippen LogP contribution in [0.25, 0.3) is 0 Å². The Kier molecular flexibility index (Phi) is 2.97. The molecule has 0 heterocycles. The highest BCUT2D eigenvalue weighted by molar-refractivity contribution is 5.74. The van der Waals surface area contributed by atoms with Crippen molar-refractivity contribution in [1.29, 1.82) is 0 Å². The van der Waals surface area contributed by atoms with Crippen LogP contribution < -0.4 is 10.6 Å². The van der Waals surface area contributed by atoms with Gasteiger partial charge in [-0.15, -0.1) is 12.3 Å². The highest BCUT2D eigenvalue weighted by Gasteiger charge is 2.51. The minimum atomic E-state index is -0.0211. The van der Waals surface area contributed by atoms with Crippen LogP contribution in [0, 0.1) is 30.1 Å². The lowest BCUT2D eigenvalue weighted by molar-refractivity contribution is -0.0135. The van der Waals surface area contributed by atoms with Crippen LogP contribution >= 0.6 is 0 Å². The van der Waals surface area contributed by atoms with Gasteiger partial charge in [-0.05, 0) is 56.3 Å². The van der Waals surface area contributed by atoms with E-state index in [1.165, 1.54) is 38.5 Å². The van der Waals surface area contributed by atoms with E-state index < -0.39 is 0 Å². The summed E-state index contributed by atoms with van der Waals surface area (Å²) in [5.74, 6) is 5.13. The summed E-state index contributed by atoms with van der Waals surface area (Å²) >= 11 is 0. The van der Waals surface area contributed by atoms with Gasteiger partial charge in [0.1, 0.15) is 0 Å². The molecule has 0 aromatic carbocycles. The number of carbonyl (C=O) groups excluding carboxylic acids is 1. The Balaban J connectivity index is 1.59. The molecule has 2 amide bonds. The van der Waals surface area contributed by atoms with Crippen molar-refractivity contribution in [2.24, 2.45) is 17.8 Å². The molecule has 0 atom stereocenters. The van der Waals surface area contributed by atoms with E-state index >= 15 is 0 Å². The number of carbonyl (C=O) groups is 1. The van der Waals surface area contributed by atoms with Crippen molar-refractivity contribution in [3.8, 4) is 12.3 Å². The molecule has 98 valence electrons. The molecular weight excluding hydrogens is 224 g/mol. The summed E-state index contributed by atoms with van der Waals surface area (Å²) in [4.78, 5) is 11.9. The number of rotatable bonds is 3. The summed E-state index contributed by atoms with van der Waals surface area (Å²) in [6.45, 7) is 0.578. The summed E-state index contributed by atoms with van der Waals surface area (Å²) in [7, 11) is 0. The van der Waals surface area contributed by atoms with Crippen molar-refractivity contribution in [2.45, 2.75) is 50.5 Å². The molecule has 4 bridgehead atoms. The van der Waals surface area contributed by atoms with E-state index in [-0.39, 0.29) is 11.6 Å². The summed E-state index contributed by atoms with van der Waals surface area (Å²) < 4.78 is 0. The Morgan fingerprint density at radius 1 is 1.17 bits per heavy atom. The molecule has 0 aromatic rings. The molecular formula is C15H22N2O. The third-order valence-corrected chi connectivity index (χ3v) is 4.97. The Morgan fingerprint density at radius 2 is 1.72 bits per heavy atom. The standard InChI is InChI=1S/C15H22N2O/c1-2-3-4-16-14(18)17-15-8-11-5-12(9-15)7-13(6-11)10-15/h1,11-13H,3-10H2,(H2,16,17,18). The molecule has 0 aliphatic heterocycles. The van der Waals surface area contributed by atoms with Gasteiger partial charge in [0.2, 0.25) is 0 Å². The largest absolute Gasteiger partial charge is 0.337 e.